The van der Waals surface area contributed by atoms with Gasteiger partial charge in [0.25, 0.3) is 5.91 Å². The first-order valence-electron chi connectivity index (χ1n) is 8.44. The Balaban J connectivity index is 1.61. The van der Waals surface area contributed by atoms with Gasteiger partial charge in [-0.05, 0) is 32.8 Å². The molecule has 0 aliphatic carbocycles. The van der Waals surface area contributed by atoms with E-state index in [2.05, 4.69) is 10.1 Å². The summed E-state index contributed by atoms with van der Waals surface area (Å²) in [5.41, 5.74) is 2.20. The molecule has 25 heavy (non-hydrogen) atoms. The van der Waals surface area contributed by atoms with Crippen molar-refractivity contribution < 1.29 is 14.3 Å². The van der Waals surface area contributed by atoms with Gasteiger partial charge in [0.1, 0.15) is 11.3 Å². The fraction of sp³-hybridized carbons (Fsp3) is 0.529. The number of amides is 2. The number of rotatable bonds is 1. The number of nitrogens with zero attached hydrogens (tertiary/aromatic N) is 5. The van der Waals surface area contributed by atoms with Crippen LogP contribution < -0.4 is 0 Å². The number of carbonyl (C=O) groups excluding carboxylic acids is 2. The van der Waals surface area contributed by atoms with E-state index in [1.54, 1.807) is 27.4 Å². The zero-order chi connectivity index (χ0) is 17.8. The van der Waals surface area contributed by atoms with Gasteiger partial charge in [0.2, 0.25) is 0 Å². The molecule has 4 rings (SSSR count). The number of hydrogen-bond acceptors (Lipinski definition) is 5. The third-order valence-electron chi connectivity index (χ3n) is 4.91. The van der Waals surface area contributed by atoms with Crippen molar-refractivity contribution in [2.75, 3.05) is 26.7 Å². The summed E-state index contributed by atoms with van der Waals surface area (Å²) in [6.45, 7) is 5.37. The zero-order valence-corrected chi connectivity index (χ0v) is 14.7. The van der Waals surface area contributed by atoms with Crippen LogP contribution in [0, 0.1) is 13.8 Å². The molecular weight excluding hydrogens is 322 g/mol. The van der Waals surface area contributed by atoms with Gasteiger partial charge >= 0.3 is 6.09 Å². The maximum Gasteiger partial charge on any atom is 0.410 e. The second-order valence-corrected chi connectivity index (χ2v) is 7.08. The molecule has 0 saturated carbocycles. The van der Waals surface area contributed by atoms with Gasteiger partial charge < -0.3 is 14.5 Å². The van der Waals surface area contributed by atoms with Crippen LogP contribution in [0.4, 0.5) is 4.79 Å². The van der Waals surface area contributed by atoms with Gasteiger partial charge in [-0.2, -0.15) is 5.10 Å². The maximum absolute atomic E-state index is 13.0. The Hall–Kier alpha value is -2.64. The van der Waals surface area contributed by atoms with Crippen LogP contribution in [0.15, 0.2) is 12.1 Å². The quantitative estimate of drug-likeness (QED) is 0.782. The minimum atomic E-state index is -0.591. The minimum Gasteiger partial charge on any atom is -0.439 e. The predicted octanol–water partition coefficient (Wildman–Crippen LogP) is 1.40. The van der Waals surface area contributed by atoms with Crippen LogP contribution in [0.1, 0.15) is 34.7 Å². The Morgan fingerprint density at radius 3 is 2.80 bits per heavy atom. The van der Waals surface area contributed by atoms with Crippen LogP contribution in [0.25, 0.3) is 5.65 Å². The summed E-state index contributed by atoms with van der Waals surface area (Å²) < 4.78 is 7.31. The van der Waals surface area contributed by atoms with E-state index in [1.807, 2.05) is 19.9 Å². The van der Waals surface area contributed by atoms with Crippen molar-refractivity contribution in [2.24, 2.45) is 0 Å². The first-order valence-corrected chi connectivity index (χ1v) is 8.44. The highest BCUT2D eigenvalue weighted by Gasteiger charge is 2.47. The summed E-state index contributed by atoms with van der Waals surface area (Å²) in [5, 5.41) is 4.37. The molecule has 2 aromatic heterocycles. The molecule has 1 atom stereocenters. The molecule has 0 N–H and O–H groups in total. The number of hydrogen-bond donors (Lipinski definition) is 0. The number of ether oxygens (including phenoxy) is 1. The lowest BCUT2D eigenvalue weighted by molar-refractivity contribution is -0.00540. The highest BCUT2D eigenvalue weighted by Crippen LogP contribution is 2.31. The van der Waals surface area contributed by atoms with Crippen LogP contribution >= 0.6 is 0 Å². The summed E-state index contributed by atoms with van der Waals surface area (Å²) in [4.78, 5) is 32.5. The van der Waals surface area contributed by atoms with Gasteiger partial charge in [0.15, 0.2) is 5.65 Å². The number of fused-ring (bicyclic) bond motifs is 1. The molecule has 2 aromatic rings. The standard InChI is InChI=1S/C17H21N5O3/c1-11-7-14-18-13(8-12(2)22(14)19-11)15(23)21-6-4-5-17(10-21)9-20(3)16(24)25-17/h7-8H,4-6,9-10H2,1-3H3/t17-/m1/s1. The minimum absolute atomic E-state index is 0.130. The largest absolute Gasteiger partial charge is 0.439 e. The Morgan fingerprint density at radius 2 is 2.08 bits per heavy atom. The van der Waals surface area contributed by atoms with Crippen LogP contribution in [0.3, 0.4) is 0 Å². The molecule has 2 saturated heterocycles. The Kier molecular flexibility index (Phi) is 3.45. The monoisotopic (exact) mass is 343 g/mol. The zero-order valence-electron chi connectivity index (χ0n) is 14.7. The highest BCUT2D eigenvalue weighted by atomic mass is 16.6. The first-order chi connectivity index (χ1) is 11.9. The van der Waals surface area contributed by atoms with Crippen molar-refractivity contribution in [3.05, 3.63) is 29.2 Å². The molecule has 4 heterocycles. The third-order valence-corrected chi connectivity index (χ3v) is 4.91. The summed E-state index contributed by atoms with van der Waals surface area (Å²) in [5.74, 6) is -0.130. The van der Waals surface area contributed by atoms with Crippen LogP contribution in [0.5, 0.6) is 0 Å². The van der Waals surface area contributed by atoms with Crippen molar-refractivity contribution in [1.82, 2.24) is 24.4 Å². The fourth-order valence-electron chi connectivity index (χ4n) is 3.79. The predicted molar refractivity (Wildman–Crippen MR) is 89.4 cm³/mol. The lowest BCUT2D eigenvalue weighted by Gasteiger charge is -2.38. The normalized spacial score (nSPS) is 23.6. The number of carbonyl (C=O) groups is 2. The summed E-state index contributed by atoms with van der Waals surface area (Å²) in [6.07, 6.45) is 1.26. The second-order valence-electron chi connectivity index (χ2n) is 7.08. The van der Waals surface area contributed by atoms with Crippen molar-refractivity contribution >= 4 is 17.6 Å². The summed E-state index contributed by atoms with van der Waals surface area (Å²) in [6, 6.07) is 3.62. The molecule has 8 heteroatoms. The molecule has 0 aromatic carbocycles. The van der Waals surface area contributed by atoms with Crippen molar-refractivity contribution in [2.45, 2.75) is 32.3 Å². The average Bonchev–Trinajstić information content (AvgIpc) is 3.06. The molecule has 0 radical (unpaired) electrons. The maximum atomic E-state index is 13.0. The summed E-state index contributed by atoms with van der Waals surface area (Å²) >= 11 is 0. The average molecular weight is 343 g/mol. The topological polar surface area (TPSA) is 80.0 Å². The smallest absolute Gasteiger partial charge is 0.410 e. The SMILES string of the molecule is Cc1cc2nc(C(=O)N3CCC[C@@]4(CN(C)C(=O)O4)C3)cc(C)n2n1. The Bertz CT molecular complexity index is 877. The van der Waals surface area contributed by atoms with Crippen LogP contribution in [-0.4, -0.2) is 68.7 Å². The van der Waals surface area contributed by atoms with Gasteiger partial charge in [-0.1, -0.05) is 0 Å². The fourth-order valence-corrected chi connectivity index (χ4v) is 3.79. The molecule has 2 fully saturated rings. The molecule has 0 unspecified atom stereocenters. The van der Waals surface area contributed by atoms with E-state index in [-0.39, 0.29) is 12.0 Å². The van der Waals surface area contributed by atoms with E-state index in [4.69, 9.17) is 4.74 Å². The van der Waals surface area contributed by atoms with E-state index in [0.29, 0.717) is 31.0 Å². The molecule has 2 aliphatic heterocycles. The van der Waals surface area contributed by atoms with E-state index >= 15 is 0 Å². The molecule has 2 aliphatic rings. The molecule has 132 valence electrons. The van der Waals surface area contributed by atoms with E-state index in [1.165, 1.54) is 0 Å². The van der Waals surface area contributed by atoms with Crippen molar-refractivity contribution in [3.63, 3.8) is 0 Å². The number of piperidine rings is 1. The van der Waals surface area contributed by atoms with Crippen molar-refractivity contribution in [3.8, 4) is 0 Å². The Morgan fingerprint density at radius 1 is 1.28 bits per heavy atom. The van der Waals surface area contributed by atoms with Gasteiger partial charge in [-0.25, -0.2) is 14.3 Å². The van der Waals surface area contributed by atoms with E-state index < -0.39 is 5.60 Å². The molecule has 1 spiro atoms. The molecule has 8 nitrogen and oxygen atoms in total. The lowest BCUT2D eigenvalue weighted by Crippen LogP contribution is -2.52. The molecular formula is C17H21N5O3. The van der Waals surface area contributed by atoms with Crippen molar-refractivity contribution in [1.29, 1.82) is 0 Å². The Labute approximate surface area is 145 Å². The van der Waals surface area contributed by atoms with Gasteiger partial charge in [0.05, 0.1) is 18.8 Å². The highest BCUT2D eigenvalue weighted by molar-refractivity contribution is 5.93. The van der Waals surface area contributed by atoms with Crippen LogP contribution in [0.2, 0.25) is 0 Å². The van der Waals surface area contributed by atoms with Gasteiger partial charge in [0, 0.05) is 25.4 Å². The third kappa shape index (κ3) is 2.61. The number of likely N-dealkylation sites (tertiary alicyclic amines) is 1. The second kappa shape index (κ2) is 5.44. The number of aryl methyl sites for hydroxylation is 2. The van der Waals surface area contributed by atoms with Gasteiger partial charge in [-0.15, -0.1) is 0 Å². The first kappa shape index (κ1) is 15.9. The molecule has 2 amide bonds. The van der Waals surface area contributed by atoms with E-state index in [0.717, 1.165) is 24.2 Å². The molecule has 0 bridgehead atoms. The van der Waals surface area contributed by atoms with Gasteiger partial charge in [-0.3, -0.25) is 4.79 Å². The number of aromatic nitrogens is 3. The summed E-state index contributed by atoms with van der Waals surface area (Å²) in [7, 11) is 1.72. The van der Waals surface area contributed by atoms with E-state index in [9.17, 15) is 9.59 Å². The lowest BCUT2D eigenvalue weighted by atomic mass is 9.92. The van der Waals surface area contributed by atoms with Crippen LogP contribution in [-0.2, 0) is 4.74 Å². The number of likely N-dealkylation sites (N-methyl/N-ethyl adjacent to an activating group) is 1.